The summed E-state index contributed by atoms with van der Waals surface area (Å²) in [7, 11) is -1.16. The monoisotopic (exact) mass is 346 g/mol. The third kappa shape index (κ3) is 9.81. The first-order chi connectivity index (χ1) is 10.8. The van der Waals surface area contributed by atoms with Crippen molar-refractivity contribution in [3.8, 4) is 0 Å². The van der Waals surface area contributed by atoms with Gasteiger partial charge in [-0.05, 0) is 58.2 Å². The van der Waals surface area contributed by atoms with Crippen molar-refractivity contribution < 1.29 is 8.42 Å². The van der Waals surface area contributed by atoms with E-state index in [4.69, 9.17) is 0 Å². The Bertz CT molecular complexity index is 457. The molecule has 0 aliphatic carbocycles. The lowest BCUT2D eigenvalue weighted by atomic mass is 9.99. The van der Waals surface area contributed by atoms with Crippen molar-refractivity contribution in [2.45, 2.75) is 45.6 Å². The molecule has 0 saturated carbocycles. The number of nitrogens with one attached hydrogen (secondary N) is 2. The summed E-state index contributed by atoms with van der Waals surface area (Å²) in [6.07, 6.45) is 5.58. The first kappa shape index (κ1) is 20.2. The largest absolute Gasteiger partial charge is 0.356 e. The van der Waals surface area contributed by atoms with E-state index in [0.717, 1.165) is 31.4 Å². The Hall–Kier alpha value is -0.820. The number of likely N-dealkylation sites (tertiary alicyclic amines) is 1. The minimum absolute atomic E-state index is 0.0829. The van der Waals surface area contributed by atoms with Gasteiger partial charge in [-0.15, -0.1) is 0 Å². The maximum absolute atomic E-state index is 11.2. The van der Waals surface area contributed by atoms with Gasteiger partial charge in [-0.3, -0.25) is 4.99 Å². The van der Waals surface area contributed by atoms with Crippen LogP contribution in [0.4, 0.5) is 0 Å². The van der Waals surface area contributed by atoms with Crippen LogP contribution >= 0.6 is 0 Å². The molecule has 1 aliphatic heterocycles. The predicted molar refractivity (Wildman–Crippen MR) is 97.7 cm³/mol. The second-order valence-corrected chi connectivity index (χ2v) is 9.10. The van der Waals surface area contributed by atoms with Crippen LogP contribution in [0.5, 0.6) is 0 Å². The fourth-order valence-corrected chi connectivity index (χ4v) is 3.47. The van der Waals surface area contributed by atoms with Crippen molar-refractivity contribution in [3.05, 3.63) is 0 Å². The number of guanidine groups is 1. The number of nitrogens with zero attached hydrogens (tertiary/aromatic N) is 2. The summed E-state index contributed by atoms with van der Waals surface area (Å²) >= 11 is 0. The Labute approximate surface area is 142 Å². The van der Waals surface area contributed by atoms with Crippen molar-refractivity contribution in [3.63, 3.8) is 0 Å². The first-order valence-electron chi connectivity index (χ1n) is 8.67. The molecule has 1 unspecified atom stereocenters. The van der Waals surface area contributed by atoms with Crippen LogP contribution in [0.3, 0.4) is 0 Å². The van der Waals surface area contributed by atoms with E-state index >= 15 is 0 Å². The van der Waals surface area contributed by atoms with Crippen LogP contribution in [0.25, 0.3) is 0 Å². The highest BCUT2D eigenvalue weighted by Crippen LogP contribution is 2.15. The molecule has 1 fully saturated rings. The Kier molecular flexibility index (Phi) is 8.91. The van der Waals surface area contributed by atoms with E-state index in [1.807, 2.05) is 6.92 Å². The average Bonchev–Trinajstić information content (AvgIpc) is 2.49. The molecule has 0 amide bonds. The predicted octanol–water partition coefficient (Wildman–Crippen LogP) is 1.10. The molecule has 1 aliphatic rings. The molecule has 1 heterocycles. The number of rotatable bonds is 8. The van der Waals surface area contributed by atoms with Gasteiger partial charge in [0.15, 0.2) is 5.96 Å². The second kappa shape index (κ2) is 10.1. The Morgan fingerprint density at radius 1 is 1.35 bits per heavy atom. The molecule has 136 valence electrons. The molecule has 7 heteroatoms. The average molecular weight is 347 g/mol. The van der Waals surface area contributed by atoms with E-state index in [9.17, 15) is 8.42 Å². The molecule has 23 heavy (non-hydrogen) atoms. The van der Waals surface area contributed by atoms with Crippen molar-refractivity contribution in [1.29, 1.82) is 0 Å². The molecule has 1 saturated heterocycles. The van der Waals surface area contributed by atoms with Gasteiger partial charge in [-0.2, -0.15) is 0 Å². The van der Waals surface area contributed by atoms with E-state index < -0.39 is 9.84 Å². The van der Waals surface area contributed by atoms with E-state index in [-0.39, 0.29) is 11.8 Å². The zero-order chi connectivity index (χ0) is 17.3. The van der Waals surface area contributed by atoms with Crippen molar-refractivity contribution >= 4 is 15.8 Å². The molecule has 0 spiro atoms. The summed E-state index contributed by atoms with van der Waals surface area (Å²) < 4.78 is 22.4. The number of hydrogen-bond acceptors (Lipinski definition) is 4. The standard InChI is InChI=1S/C16H34N4O2S/c1-14-6-11-20(12-7-14)10-5-9-18-16(17-3)19-15(2)8-13-23(4,21)22/h14-15H,5-13H2,1-4H3,(H2,17,18,19). The summed E-state index contributed by atoms with van der Waals surface area (Å²) in [5.41, 5.74) is 0. The van der Waals surface area contributed by atoms with Crippen LogP contribution in [-0.2, 0) is 9.84 Å². The molecule has 0 aromatic carbocycles. The molecule has 0 aromatic heterocycles. The third-order valence-electron chi connectivity index (χ3n) is 4.35. The van der Waals surface area contributed by atoms with Gasteiger partial charge in [-0.1, -0.05) is 6.92 Å². The quantitative estimate of drug-likeness (QED) is 0.391. The fraction of sp³-hybridized carbons (Fsp3) is 0.938. The molecule has 2 N–H and O–H groups in total. The molecule has 1 atom stereocenters. The van der Waals surface area contributed by atoms with Crippen LogP contribution in [0, 0.1) is 5.92 Å². The van der Waals surface area contributed by atoms with Gasteiger partial charge in [0.05, 0.1) is 5.75 Å². The van der Waals surface area contributed by atoms with Gasteiger partial charge in [0.2, 0.25) is 0 Å². The van der Waals surface area contributed by atoms with Crippen molar-refractivity contribution in [1.82, 2.24) is 15.5 Å². The fourth-order valence-electron chi connectivity index (χ4n) is 2.69. The third-order valence-corrected chi connectivity index (χ3v) is 5.33. The van der Waals surface area contributed by atoms with Crippen molar-refractivity contribution in [2.24, 2.45) is 10.9 Å². The van der Waals surface area contributed by atoms with Crippen LogP contribution in [0.2, 0.25) is 0 Å². The van der Waals surface area contributed by atoms with Crippen LogP contribution in [0.1, 0.15) is 39.5 Å². The molecular formula is C16H34N4O2S. The van der Waals surface area contributed by atoms with Gasteiger partial charge in [-0.25, -0.2) is 8.42 Å². The number of hydrogen-bond donors (Lipinski definition) is 2. The zero-order valence-corrected chi connectivity index (χ0v) is 16.0. The minimum atomic E-state index is -2.90. The van der Waals surface area contributed by atoms with E-state index in [1.165, 1.54) is 32.2 Å². The molecule has 0 radical (unpaired) electrons. The highest BCUT2D eigenvalue weighted by atomic mass is 32.2. The lowest BCUT2D eigenvalue weighted by Gasteiger charge is -2.30. The number of piperidine rings is 1. The lowest BCUT2D eigenvalue weighted by molar-refractivity contribution is 0.191. The Morgan fingerprint density at radius 2 is 2.00 bits per heavy atom. The van der Waals surface area contributed by atoms with Crippen LogP contribution < -0.4 is 10.6 Å². The Morgan fingerprint density at radius 3 is 2.57 bits per heavy atom. The maximum atomic E-state index is 11.2. The summed E-state index contributed by atoms with van der Waals surface area (Å²) in [4.78, 5) is 6.73. The first-order valence-corrected chi connectivity index (χ1v) is 10.7. The van der Waals surface area contributed by atoms with E-state index in [1.54, 1.807) is 7.05 Å². The molecule has 0 aromatic rings. The lowest BCUT2D eigenvalue weighted by Crippen LogP contribution is -2.43. The minimum Gasteiger partial charge on any atom is -0.356 e. The smallest absolute Gasteiger partial charge is 0.191 e. The molecule has 1 rings (SSSR count). The summed E-state index contributed by atoms with van der Waals surface area (Å²) in [5, 5.41) is 6.55. The van der Waals surface area contributed by atoms with Crippen molar-refractivity contribution in [2.75, 3.05) is 45.2 Å². The maximum Gasteiger partial charge on any atom is 0.191 e. The highest BCUT2D eigenvalue weighted by molar-refractivity contribution is 7.90. The number of sulfone groups is 1. The van der Waals surface area contributed by atoms with Gasteiger partial charge in [0.1, 0.15) is 9.84 Å². The topological polar surface area (TPSA) is 73.8 Å². The number of aliphatic imine (C=N–C) groups is 1. The normalized spacial score (nSPS) is 19.6. The molecular weight excluding hydrogens is 312 g/mol. The second-order valence-electron chi connectivity index (χ2n) is 6.84. The van der Waals surface area contributed by atoms with E-state index in [0.29, 0.717) is 6.42 Å². The van der Waals surface area contributed by atoms with Gasteiger partial charge in [0, 0.05) is 25.9 Å². The van der Waals surface area contributed by atoms with Gasteiger partial charge in [0.25, 0.3) is 0 Å². The zero-order valence-electron chi connectivity index (χ0n) is 15.1. The highest BCUT2D eigenvalue weighted by Gasteiger charge is 2.15. The van der Waals surface area contributed by atoms with E-state index in [2.05, 4.69) is 27.4 Å². The molecule has 6 nitrogen and oxygen atoms in total. The SMILES string of the molecule is CN=C(NCCCN1CCC(C)CC1)NC(C)CCS(C)(=O)=O. The van der Waals surface area contributed by atoms with Gasteiger partial charge >= 0.3 is 0 Å². The Balaban J connectivity index is 2.16. The van der Waals surface area contributed by atoms with Crippen LogP contribution in [-0.4, -0.2) is 70.6 Å². The summed E-state index contributed by atoms with van der Waals surface area (Å²) in [5.74, 6) is 1.82. The van der Waals surface area contributed by atoms with Crippen LogP contribution in [0.15, 0.2) is 4.99 Å². The summed E-state index contributed by atoms with van der Waals surface area (Å²) in [6.45, 7) is 8.75. The van der Waals surface area contributed by atoms with Gasteiger partial charge < -0.3 is 15.5 Å². The molecule has 0 bridgehead atoms. The summed E-state index contributed by atoms with van der Waals surface area (Å²) in [6, 6.07) is 0.0829.